The Kier molecular flexibility index (Phi) is 7.83. The summed E-state index contributed by atoms with van der Waals surface area (Å²) >= 11 is 0. The molecule has 0 amide bonds. The lowest BCUT2D eigenvalue weighted by Gasteiger charge is -2.11. The van der Waals surface area contributed by atoms with Crippen molar-refractivity contribution in [2.24, 2.45) is 4.99 Å². The zero-order valence-electron chi connectivity index (χ0n) is 12.9. The minimum atomic E-state index is -3.18. The van der Waals surface area contributed by atoms with Gasteiger partial charge in [-0.25, -0.2) is 17.5 Å². The SMILES string of the molecule is CCNC(=NCCNS(C)(=O)=O)NCCc1ccc(F)cc1. The van der Waals surface area contributed by atoms with Gasteiger partial charge in [-0.15, -0.1) is 0 Å². The number of nitrogens with one attached hydrogen (secondary N) is 3. The lowest BCUT2D eigenvalue weighted by Crippen LogP contribution is -2.39. The third kappa shape index (κ3) is 8.58. The Balaban J connectivity index is 2.38. The number of halogens is 1. The van der Waals surface area contributed by atoms with E-state index >= 15 is 0 Å². The maximum Gasteiger partial charge on any atom is 0.208 e. The zero-order chi connectivity index (χ0) is 16.4. The maximum atomic E-state index is 12.8. The second-order valence-corrected chi connectivity index (χ2v) is 6.56. The number of rotatable bonds is 8. The fourth-order valence-corrected chi connectivity index (χ4v) is 2.18. The average Bonchev–Trinajstić information content (AvgIpc) is 2.44. The lowest BCUT2D eigenvalue weighted by atomic mass is 10.1. The molecule has 8 heteroatoms. The van der Waals surface area contributed by atoms with Crippen molar-refractivity contribution in [1.29, 1.82) is 0 Å². The molecule has 124 valence electrons. The van der Waals surface area contributed by atoms with E-state index < -0.39 is 10.0 Å². The molecule has 0 bridgehead atoms. The highest BCUT2D eigenvalue weighted by atomic mass is 32.2. The number of hydrogen-bond acceptors (Lipinski definition) is 3. The molecular weight excluding hydrogens is 307 g/mol. The minimum absolute atomic E-state index is 0.245. The van der Waals surface area contributed by atoms with E-state index in [1.54, 1.807) is 12.1 Å². The van der Waals surface area contributed by atoms with Gasteiger partial charge in [0.2, 0.25) is 10.0 Å². The van der Waals surface area contributed by atoms with Crippen molar-refractivity contribution in [3.63, 3.8) is 0 Å². The highest BCUT2D eigenvalue weighted by molar-refractivity contribution is 7.88. The quantitative estimate of drug-likeness (QED) is 0.368. The standard InChI is InChI=1S/C14H23FN4O2S/c1-3-16-14(18-10-11-19-22(2,20)21)17-9-8-12-4-6-13(15)7-5-12/h4-7,19H,3,8-11H2,1-2H3,(H2,16,17,18). The molecule has 0 radical (unpaired) electrons. The van der Waals surface area contributed by atoms with E-state index in [1.165, 1.54) is 12.1 Å². The summed E-state index contributed by atoms with van der Waals surface area (Å²) in [5.74, 6) is 0.380. The zero-order valence-corrected chi connectivity index (χ0v) is 13.7. The van der Waals surface area contributed by atoms with Crippen LogP contribution < -0.4 is 15.4 Å². The van der Waals surface area contributed by atoms with Gasteiger partial charge in [-0.2, -0.15) is 0 Å². The summed E-state index contributed by atoms with van der Waals surface area (Å²) in [5, 5.41) is 6.23. The molecule has 0 unspecified atom stereocenters. The first-order chi connectivity index (χ1) is 10.4. The predicted molar refractivity (Wildman–Crippen MR) is 86.9 cm³/mol. The van der Waals surface area contributed by atoms with Crippen molar-refractivity contribution >= 4 is 16.0 Å². The Morgan fingerprint density at radius 3 is 2.45 bits per heavy atom. The number of nitrogens with zero attached hydrogens (tertiary/aromatic N) is 1. The lowest BCUT2D eigenvalue weighted by molar-refractivity contribution is 0.588. The van der Waals surface area contributed by atoms with Crippen LogP contribution in [0.25, 0.3) is 0 Å². The van der Waals surface area contributed by atoms with Gasteiger partial charge in [0.15, 0.2) is 5.96 Å². The molecule has 0 saturated carbocycles. The van der Waals surface area contributed by atoms with E-state index in [0.717, 1.165) is 18.2 Å². The molecule has 1 aromatic carbocycles. The molecule has 3 N–H and O–H groups in total. The molecule has 0 aliphatic carbocycles. The highest BCUT2D eigenvalue weighted by Gasteiger charge is 2.00. The first-order valence-electron chi connectivity index (χ1n) is 7.12. The average molecular weight is 330 g/mol. The molecule has 0 saturated heterocycles. The van der Waals surface area contributed by atoms with Crippen molar-refractivity contribution < 1.29 is 12.8 Å². The van der Waals surface area contributed by atoms with Crippen molar-refractivity contribution in [3.05, 3.63) is 35.6 Å². The third-order valence-corrected chi connectivity index (χ3v) is 3.44. The van der Waals surface area contributed by atoms with Gasteiger partial charge in [0.25, 0.3) is 0 Å². The fourth-order valence-electron chi connectivity index (χ4n) is 1.72. The molecule has 0 aromatic heterocycles. The smallest absolute Gasteiger partial charge is 0.208 e. The highest BCUT2D eigenvalue weighted by Crippen LogP contribution is 2.02. The van der Waals surface area contributed by atoms with Gasteiger partial charge >= 0.3 is 0 Å². The van der Waals surface area contributed by atoms with Crippen molar-refractivity contribution in [2.45, 2.75) is 13.3 Å². The largest absolute Gasteiger partial charge is 0.357 e. The van der Waals surface area contributed by atoms with Crippen LogP contribution in [-0.2, 0) is 16.4 Å². The number of aliphatic imine (C=N–C) groups is 1. The summed E-state index contributed by atoms with van der Waals surface area (Å²) in [6.07, 6.45) is 1.86. The van der Waals surface area contributed by atoms with Gasteiger partial charge in [-0.1, -0.05) is 12.1 Å². The van der Waals surface area contributed by atoms with E-state index in [-0.39, 0.29) is 12.4 Å². The number of benzene rings is 1. The molecule has 0 aliphatic heterocycles. The van der Waals surface area contributed by atoms with Crippen LogP contribution in [-0.4, -0.2) is 46.8 Å². The molecule has 22 heavy (non-hydrogen) atoms. The topological polar surface area (TPSA) is 82.6 Å². The van der Waals surface area contributed by atoms with E-state index in [0.29, 0.717) is 25.6 Å². The molecule has 1 aromatic rings. The minimum Gasteiger partial charge on any atom is -0.357 e. The summed E-state index contributed by atoms with van der Waals surface area (Å²) in [4.78, 5) is 4.27. The molecule has 0 spiro atoms. The molecule has 6 nitrogen and oxygen atoms in total. The van der Waals surface area contributed by atoms with Crippen LogP contribution >= 0.6 is 0 Å². The monoisotopic (exact) mass is 330 g/mol. The van der Waals surface area contributed by atoms with Gasteiger partial charge in [-0.3, -0.25) is 4.99 Å². The normalized spacial score (nSPS) is 12.2. The Labute approximate surface area is 131 Å². The second kappa shape index (κ2) is 9.37. The Bertz CT molecular complexity index is 573. The van der Waals surface area contributed by atoms with Crippen LogP contribution in [0.5, 0.6) is 0 Å². The summed E-state index contributed by atoms with van der Waals surface area (Å²) in [7, 11) is -3.18. The first kappa shape index (κ1) is 18.4. The van der Waals surface area contributed by atoms with Gasteiger partial charge in [-0.05, 0) is 31.0 Å². The van der Waals surface area contributed by atoms with E-state index in [2.05, 4.69) is 20.3 Å². The van der Waals surface area contributed by atoms with Crippen LogP contribution in [0.15, 0.2) is 29.3 Å². The number of sulfonamides is 1. The van der Waals surface area contributed by atoms with Crippen LogP contribution in [0.4, 0.5) is 4.39 Å². The Morgan fingerprint density at radius 1 is 1.18 bits per heavy atom. The van der Waals surface area contributed by atoms with Crippen LogP contribution in [0, 0.1) is 5.82 Å². The Morgan fingerprint density at radius 2 is 1.86 bits per heavy atom. The third-order valence-electron chi connectivity index (χ3n) is 2.71. The van der Waals surface area contributed by atoms with Crippen LogP contribution in [0.1, 0.15) is 12.5 Å². The van der Waals surface area contributed by atoms with E-state index in [4.69, 9.17) is 0 Å². The van der Waals surface area contributed by atoms with Gasteiger partial charge in [0, 0.05) is 19.6 Å². The van der Waals surface area contributed by atoms with Gasteiger partial charge < -0.3 is 10.6 Å². The van der Waals surface area contributed by atoms with E-state index in [1.807, 2.05) is 6.92 Å². The Hall–Kier alpha value is -1.67. The molecule has 1 rings (SSSR count). The molecule has 0 heterocycles. The van der Waals surface area contributed by atoms with Crippen LogP contribution in [0.2, 0.25) is 0 Å². The number of guanidine groups is 1. The van der Waals surface area contributed by atoms with Gasteiger partial charge in [0.05, 0.1) is 12.8 Å². The van der Waals surface area contributed by atoms with E-state index in [9.17, 15) is 12.8 Å². The molecule has 0 atom stereocenters. The molecule has 0 fully saturated rings. The first-order valence-corrected chi connectivity index (χ1v) is 9.01. The molecule has 0 aliphatic rings. The molecular formula is C14H23FN4O2S. The van der Waals surface area contributed by atoms with Crippen LogP contribution in [0.3, 0.4) is 0 Å². The summed E-state index contributed by atoms with van der Waals surface area (Å²) in [6, 6.07) is 6.37. The van der Waals surface area contributed by atoms with Crippen molar-refractivity contribution in [1.82, 2.24) is 15.4 Å². The second-order valence-electron chi connectivity index (χ2n) is 4.73. The van der Waals surface area contributed by atoms with Crippen molar-refractivity contribution in [2.75, 3.05) is 32.4 Å². The van der Waals surface area contributed by atoms with Gasteiger partial charge in [0.1, 0.15) is 5.82 Å². The number of hydrogen-bond donors (Lipinski definition) is 3. The summed E-state index contributed by atoms with van der Waals surface area (Å²) < 4.78 is 37.1. The predicted octanol–water partition coefficient (Wildman–Crippen LogP) is 0.473. The maximum absolute atomic E-state index is 12.8. The summed E-state index contributed by atoms with van der Waals surface area (Å²) in [5.41, 5.74) is 1.03. The fraction of sp³-hybridized carbons (Fsp3) is 0.500. The van der Waals surface area contributed by atoms with Crippen molar-refractivity contribution in [3.8, 4) is 0 Å². The summed E-state index contributed by atoms with van der Waals surface area (Å²) in [6.45, 7) is 3.91.